The molecule has 1 aromatic heterocycles. The maximum atomic E-state index is 13.7. The van der Waals surface area contributed by atoms with Gasteiger partial charge in [0.2, 0.25) is 11.9 Å². The van der Waals surface area contributed by atoms with Crippen molar-refractivity contribution in [1.29, 1.82) is 0 Å². The van der Waals surface area contributed by atoms with E-state index in [0.29, 0.717) is 17.4 Å². The van der Waals surface area contributed by atoms with Crippen LogP contribution < -0.4 is 21.4 Å². The molecule has 0 spiro atoms. The van der Waals surface area contributed by atoms with Crippen molar-refractivity contribution in [2.24, 2.45) is 0 Å². The van der Waals surface area contributed by atoms with Gasteiger partial charge in [0, 0.05) is 17.4 Å². The number of nitrogens with one attached hydrogen (secondary N) is 4. The highest BCUT2D eigenvalue weighted by atomic mass is 19.4. The summed E-state index contributed by atoms with van der Waals surface area (Å²) in [6.07, 6.45) is -3.08. The molecule has 12 heteroatoms. The Morgan fingerprint density at radius 2 is 1.77 bits per heavy atom. The fraction of sp³-hybridized carbons (Fsp3) is 0.130. The van der Waals surface area contributed by atoms with Gasteiger partial charge < -0.3 is 16.0 Å². The Labute approximate surface area is 198 Å². The molecule has 0 unspecified atom stereocenters. The summed E-state index contributed by atoms with van der Waals surface area (Å²) in [5.74, 6) is -1.74. The predicted octanol–water partition coefficient (Wildman–Crippen LogP) is 4.71. The number of amides is 2. The zero-order valence-corrected chi connectivity index (χ0v) is 18.7. The second-order valence-corrected chi connectivity index (χ2v) is 7.11. The van der Waals surface area contributed by atoms with Gasteiger partial charge in [-0.15, -0.1) is 0 Å². The average Bonchev–Trinajstić information content (AvgIpc) is 2.81. The van der Waals surface area contributed by atoms with Gasteiger partial charge in [-0.25, -0.2) is 10.5 Å². The van der Waals surface area contributed by atoms with E-state index in [1.54, 1.807) is 31.2 Å². The number of hydrogen-bond donors (Lipinski definition) is 4. The number of aryl methyl sites for hydroxylation is 1. The number of carbonyl (C=O) groups is 2. The van der Waals surface area contributed by atoms with Crippen LogP contribution in [0.25, 0.3) is 0 Å². The molecule has 4 N–H and O–H groups in total. The summed E-state index contributed by atoms with van der Waals surface area (Å²) in [5, 5.41) is 7.98. The third-order valence-corrected chi connectivity index (χ3v) is 4.66. The van der Waals surface area contributed by atoms with Crippen molar-refractivity contribution in [3.8, 4) is 0 Å². The number of aromatic nitrogens is 2. The molecule has 3 rings (SSSR count). The number of hydrogen-bond acceptors (Lipinski definition) is 7. The topological polar surface area (TPSA) is 117 Å². The molecule has 2 amide bonds. The minimum absolute atomic E-state index is 0.152. The van der Waals surface area contributed by atoms with Gasteiger partial charge in [0.25, 0.3) is 5.91 Å². The first-order valence-electron chi connectivity index (χ1n) is 10.1. The summed E-state index contributed by atoms with van der Waals surface area (Å²) in [6, 6.07) is 10.9. The third kappa shape index (κ3) is 6.32. The third-order valence-electron chi connectivity index (χ3n) is 4.66. The molecular formula is C23H21F3N6O3. The number of rotatable bonds is 8. The quantitative estimate of drug-likeness (QED) is 0.269. The Bertz CT molecular complexity index is 1260. The monoisotopic (exact) mass is 486 g/mol. The molecule has 0 aliphatic rings. The van der Waals surface area contributed by atoms with Crippen LogP contribution in [0.5, 0.6) is 0 Å². The van der Waals surface area contributed by atoms with Crippen LogP contribution in [0, 0.1) is 6.92 Å². The van der Waals surface area contributed by atoms with E-state index >= 15 is 0 Å². The van der Waals surface area contributed by atoms with Crippen molar-refractivity contribution in [2.75, 3.05) is 23.1 Å². The lowest BCUT2D eigenvalue weighted by atomic mass is 10.1. The van der Waals surface area contributed by atoms with E-state index in [-0.39, 0.29) is 22.9 Å². The SMILES string of the molecule is C=CC(=O)Nc1ccccc1Nc1nc(Nc2cc(C(=O)NOC)ccc2C)ncc1C(F)(F)F. The molecule has 182 valence electrons. The van der Waals surface area contributed by atoms with Crippen LogP contribution in [0.4, 0.5) is 42.0 Å². The zero-order chi connectivity index (χ0) is 25.6. The van der Waals surface area contributed by atoms with Crippen LogP contribution in [0.15, 0.2) is 61.3 Å². The normalized spacial score (nSPS) is 10.9. The number of hydroxylamine groups is 1. The van der Waals surface area contributed by atoms with Gasteiger partial charge in [0.05, 0.1) is 18.5 Å². The molecule has 35 heavy (non-hydrogen) atoms. The lowest BCUT2D eigenvalue weighted by molar-refractivity contribution is -0.137. The Hall–Kier alpha value is -4.45. The summed E-state index contributed by atoms with van der Waals surface area (Å²) in [7, 11) is 1.29. The van der Waals surface area contributed by atoms with Crippen LogP contribution in [-0.2, 0) is 15.8 Å². The predicted molar refractivity (Wildman–Crippen MR) is 125 cm³/mol. The molecule has 0 atom stereocenters. The van der Waals surface area contributed by atoms with E-state index in [9.17, 15) is 22.8 Å². The Morgan fingerprint density at radius 3 is 2.43 bits per heavy atom. The maximum absolute atomic E-state index is 13.7. The van der Waals surface area contributed by atoms with Gasteiger partial charge in [-0.2, -0.15) is 18.2 Å². The molecule has 3 aromatic rings. The number of nitrogens with zero attached hydrogens (tertiary/aromatic N) is 2. The first-order chi connectivity index (χ1) is 16.6. The van der Waals surface area contributed by atoms with Gasteiger partial charge in [0.15, 0.2) is 0 Å². The van der Waals surface area contributed by atoms with Crippen LogP contribution in [-0.4, -0.2) is 28.9 Å². The first kappa shape index (κ1) is 25.2. The summed E-state index contributed by atoms with van der Waals surface area (Å²) in [4.78, 5) is 36.2. The van der Waals surface area contributed by atoms with Crippen LogP contribution >= 0.6 is 0 Å². The second-order valence-electron chi connectivity index (χ2n) is 7.11. The average molecular weight is 486 g/mol. The molecule has 0 fully saturated rings. The number of para-hydroxylation sites is 2. The van der Waals surface area contributed by atoms with Crippen LogP contribution in [0.1, 0.15) is 21.5 Å². The van der Waals surface area contributed by atoms with Crippen molar-refractivity contribution in [3.05, 3.63) is 78.0 Å². The molecule has 0 bridgehead atoms. The summed E-state index contributed by atoms with van der Waals surface area (Å²) in [6.45, 7) is 5.10. The van der Waals surface area contributed by atoms with Crippen molar-refractivity contribution < 1.29 is 27.6 Å². The molecular weight excluding hydrogens is 465 g/mol. The van der Waals surface area contributed by atoms with Crippen molar-refractivity contribution in [2.45, 2.75) is 13.1 Å². The minimum Gasteiger partial charge on any atom is -0.338 e. The highest BCUT2D eigenvalue weighted by molar-refractivity contribution is 6.01. The second kappa shape index (κ2) is 10.7. The van der Waals surface area contributed by atoms with E-state index in [1.807, 2.05) is 0 Å². The number of halogens is 3. The van der Waals surface area contributed by atoms with Gasteiger partial charge in [0.1, 0.15) is 11.4 Å². The lowest BCUT2D eigenvalue weighted by Crippen LogP contribution is -2.21. The number of anilines is 5. The minimum atomic E-state index is -4.76. The van der Waals surface area contributed by atoms with Gasteiger partial charge in [-0.3, -0.25) is 14.4 Å². The lowest BCUT2D eigenvalue weighted by Gasteiger charge is -2.17. The molecule has 0 saturated heterocycles. The molecule has 9 nitrogen and oxygen atoms in total. The van der Waals surface area contributed by atoms with E-state index in [0.717, 1.165) is 6.08 Å². The fourth-order valence-corrected chi connectivity index (χ4v) is 2.93. The van der Waals surface area contributed by atoms with Crippen molar-refractivity contribution >= 4 is 40.6 Å². The standard InChI is InChI=1S/C23H21F3N6O3/c1-4-19(33)28-16-7-5-6-8-17(16)29-20-15(23(24,25)26)12-27-22(31-20)30-18-11-14(10-9-13(18)2)21(34)32-35-3/h4-12H,1H2,2-3H3,(H,28,33)(H,32,34)(H2,27,29,30,31). The van der Waals surface area contributed by atoms with Gasteiger partial charge in [-0.1, -0.05) is 24.8 Å². The number of benzene rings is 2. The van der Waals surface area contributed by atoms with E-state index in [1.165, 1.54) is 25.3 Å². The molecule has 0 aliphatic carbocycles. The molecule has 0 radical (unpaired) electrons. The Balaban J connectivity index is 1.99. The van der Waals surface area contributed by atoms with Gasteiger partial charge in [-0.05, 0) is 42.8 Å². The molecule has 2 aromatic carbocycles. The smallest absolute Gasteiger partial charge is 0.338 e. The van der Waals surface area contributed by atoms with Crippen molar-refractivity contribution in [1.82, 2.24) is 15.4 Å². The summed E-state index contributed by atoms with van der Waals surface area (Å²) < 4.78 is 41.0. The van der Waals surface area contributed by atoms with Gasteiger partial charge >= 0.3 is 6.18 Å². The van der Waals surface area contributed by atoms with Crippen LogP contribution in [0.3, 0.4) is 0 Å². The fourth-order valence-electron chi connectivity index (χ4n) is 2.93. The molecule has 0 saturated carbocycles. The maximum Gasteiger partial charge on any atom is 0.421 e. The highest BCUT2D eigenvalue weighted by Crippen LogP contribution is 2.36. The summed E-state index contributed by atoms with van der Waals surface area (Å²) >= 11 is 0. The van der Waals surface area contributed by atoms with Crippen LogP contribution in [0.2, 0.25) is 0 Å². The first-order valence-corrected chi connectivity index (χ1v) is 10.1. The zero-order valence-electron chi connectivity index (χ0n) is 18.7. The number of carbonyl (C=O) groups excluding carboxylic acids is 2. The van der Waals surface area contributed by atoms with E-state index < -0.39 is 29.4 Å². The summed E-state index contributed by atoms with van der Waals surface area (Å²) in [5.41, 5.74) is 2.81. The Kier molecular flexibility index (Phi) is 7.66. The largest absolute Gasteiger partial charge is 0.421 e. The van der Waals surface area contributed by atoms with E-state index in [4.69, 9.17) is 0 Å². The highest BCUT2D eigenvalue weighted by Gasteiger charge is 2.35. The van der Waals surface area contributed by atoms with E-state index in [2.05, 4.69) is 42.8 Å². The molecule has 1 heterocycles. The molecule has 0 aliphatic heterocycles. The number of alkyl halides is 3. The van der Waals surface area contributed by atoms with Crippen molar-refractivity contribution in [3.63, 3.8) is 0 Å². The Morgan fingerprint density at radius 1 is 1.06 bits per heavy atom.